The van der Waals surface area contributed by atoms with Crippen molar-refractivity contribution in [1.29, 1.82) is 0 Å². The lowest BCUT2D eigenvalue weighted by Gasteiger charge is -2.03. The molecule has 0 saturated heterocycles. The molecule has 1 aromatic heterocycles. The van der Waals surface area contributed by atoms with Crippen LogP contribution in [0.15, 0.2) is 47.8 Å². The molecule has 0 atom stereocenters. The molecular formula is C11H9NO2S. The van der Waals surface area contributed by atoms with Crippen molar-refractivity contribution in [1.82, 2.24) is 0 Å². The monoisotopic (exact) mass is 219 g/mol. The Morgan fingerprint density at radius 1 is 1.13 bits per heavy atom. The van der Waals surface area contributed by atoms with Crippen LogP contribution in [0.25, 0.3) is 0 Å². The molecule has 76 valence electrons. The molecule has 0 radical (unpaired) electrons. The van der Waals surface area contributed by atoms with Crippen LogP contribution in [0.4, 0.5) is 9.80 Å². The van der Waals surface area contributed by atoms with Gasteiger partial charge < -0.3 is 4.74 Å². The molecule has 1 aromatic carbocycles. The number of carbonyl (C=O) groups excluding carboxylic acids is 1. The number of hydrogen-bond acceptors (Lipinski definition) is 3. The zero-order valence-electron chi connectivity index (χ0n) is 7.84. The number of amides is 1. The summed E-state index contributed by atoms with van der Waals surface area (Å²) in [5, 5.41) is 5.29. The number of thiophene rings is 1. The summed E-state index contributed by atoms with van der Waals surface area (Å²) in [5.74, 6) is 0.534. The lowest BCUT2D eigenvalue weighted by molar-refractivity contribution is 0.215. The Hall–Kier alpha value is -1.81. The van der Waals surface area contributed by atoms with E-state index in [9.17, 15) is 4.79 Å². The van der Waals surface area contributed by atoms with Crippen molar-refractivity contribution in [2.75, 3.05) is 5.32 Å². The van der Waals surface area contributed by atoms with Crippen LogP contribution >= 0.6 is 11.3 Å². The van der Waals surface area contributed by atoms with E-state index in [0.717, 1.165) is 5.00 Å². The maximum atomic E-state index is 11.4. The van der Waals surface area contributed by atoms with Gasteiger partial charge in [0, 0.05) is 0 Å². The third-order valence-electron chi connectivity index (χ3n) is 1.70. The summed E-state index contributed by atoms with van der Waals surface area (Å²) in [6, 6.07) is 12.6. The third-order valence-corrected chi connectivity index (χ3v) is 2.49. The fourth-order valence-corrected chi connectivity index (χ4v) is 1.67. The molecule has 3 nitrogen and oxygen atoms in total. The summed E-state index contributed by atoms with van der Waals surface area (Å²) in [4.78, 5) is 11.4. The second kappa shape index (κ2) is 4.61. The maximum absolute atomic E-state index is 11.4. The van der Waals surface area contributed by atoms with Gasteiger partial charge in [0.15, 0.2) is 0 Å². The highest BCUT2D eigenvalue weighted by atomic mass is 32.1. The lowest BCUT2D eigenvalue weighted by Crippen LogP contribution is -2.15. The van der Waals surface area contributed by atoms with Crippen LogP contribution in [-0.4, -0.2) is 6.09 Å². The van der Waals surface area contributed by atoms with Crippen LogP contribution in [0, 0.1) is 0 Å². The number of benzene rings is 1. The van der Waals surface area contributed by atoms with Gasteiger partial charge in [-0.15, -0.1) is 11.3 Å². The van der Waals surface area contributed by atoms with Gasteiger partial charge in [-0.1, -0.05) is 18.2 Å². The lowest BCUT2D eigenvalue weighted by atomic mass is 10.3. The van der Waals surface area contributed by atoms with Crippen molar-refractivity contribution in [3.8, 4) is 5.75 Å². The minimum atomic E-state index is -0.469. The molecule has 0 aliphatic carbocycles. The predicted octanol–water partition coefficient (Wildman–Crippen LogP) is 3.36. The average molecular weight is 219 g/mol. The van der Waals surface area contributed by atoms with Gasteiger partial charge in [0.2, 0.25) is 0 Å². The number of ether oxygens (including phenoxy) is 1. The highest BCUT2D eigenvalue weighted by molar-refractivity contribution is 7.14. The standard InChI is InChI=1S/C11H9NO2S/c13-11(12-10-7-4-8-15-10)14-9-5-2-1-3-6-9/h1-8H,(H,12,13). The molecule has 1 N–H and O–H groups in total. The molecule has 0 saturated carbocycles. The van der Waals surface area contributed by atoms with Crippen molar-refractivity contribution in [2.45, 2.75) is 0 Å². The first-order chi connectivity index (χ1) is 7.34. The predicted molar refractivity (Wildman–Crippen MR) is 60.4 cm³/mol. The minimum Gasteiger partial charge on any atom is -0.410 e. The molecule has 1 heterocycles. The van der Waals surface area contributed by atoms with Crippen molar-refractivity contribution >= 4 is 22.4 Å². The molecule has 15 heavy (non-hydrogen) atoms. The molecule has 0 bridgehead atoms. The van der Waals surface area contributed by atoms with E-state index in [4.69, 9.17) is 4.74 Å². The number of rotatable bonds is 2. The summed E-state index contributed by atoms with van der Waals surface area (Å²) in [6.45, 7) is 0. The molecular weight excluding hydrogens is 210 g/mol. The Kier molecular flexibility index (Phi) is 2.99. The van der Waals surface area contributed by atoms with Gasteiger partial charge in [-0.05, 0) is 29.6 Å². The van der Waals surface area contributed by atoms with Crippen LogP contribution in [0.3, 0.4) is 0 Å². The van der Waals surface area contributed by atoms with E-state index in [2.05, 4.69) is 5.32 Å². The van der Waals surface area contributed by atoms with E-state index in [1.807, 2.05) is 35.7 Å². The Bertz CT molecular complexity index is 425. The van der Waals surface area contributed by atoms with Crippen LogP contribution in [-0.2, 0) is 0 Å². The smallest absolute Gasteiger partial charge is 0.410 e. The largest absolute Gasteiger partial charge is 0.417 e. The molecule has 0 aliphatic rings. The van der Waals surface area contributed by atoms with Gasteiger partial charge >= 0.3 is 6.09 Å². The van der Waals surface area contributed by atoms with E-state index in [1.54, 1.807) is 12.1 Å². The highest BCUT2D eigenvalue weighted by Gasteiger charge is 2.04. The first-order valence-corrected chi connectivity index (χ1v) is 5.30. The van der Waals surface area contributed by atoms with E-state index in [1.165, 1.54) is 11.3 Å². The normalized spacial score (nSPS) is 9.60. The zero-order valence-corrected chi connectivity index (χ0v) is 8.66. The van der Waals surface area contributed by atoms with Gasteiger partial charge in [0.1, 0.15) is 5.75 Å². The molecule has 0 spiro atoms. The SMILES string of the molecule is O=C(Nc1cccs1)Oc1ccccc1. The van der Waals surface area contributed by atoms with Gasteiger partial charge in [0.05, 0.1) is 5.00 Å². The molecule has 0 unspecified atom stereocenters. The number of anilines is 1. The van der Waals surface area contributed by atoms with Crippen LogP contribution < -0.4 is 10.1 Å². The molecule has 2 rings (SSSR count). The van der Waals surface area contributed by atoms with E-state index in [-0.39, 0.29) is 0 Å². The quantitative estimate of drug-likeness (QED) is 0.841. The fraction of sp³-hybridized carbons (Fsp3) is 0. The van der Waals surface area contributed by atoms with Crippen LogP contribution in [0.5, 0.6) is 5.75 Å². The summed E-state index contributed by atoms with van der Waals surface area (Å²) < 4.78 is 5.04. The molecule has 4 heteroatoms. The zero-order chi connectivity index (χ0) is 10.5. The number of hydrogen-bond donors (Lipinski definition) is 1. The molecule has 0 aliphatic heterocycles. The Labute approximate surface area is 91.3 Å². The molecule has 0 fully saturated rings. The van der Waals surface area contributed by atoms with Crippen molar-refractivity contribution in [3.05, 3.63) is 47.8 Å². The van der Waals surface area contributed by atoms with Gasteiger partial charge in [0.25, 0.3) is 0 Å². The van der Waals surface area contributed by atoms with Gasteiger partial charge in [-0.25, -0.2) is 4.79 Å². The highest BCUT2D eigenvalue weighted by Crippen LogP contribution is 2.16. The van der Waals surface area contributed by atoms with E-state index < -0.39 is 6.09 Å². The first kappa shape index (κ1) is 9.73. The summed E-state index contributed by atoms with van der Waals surface area (Å²) in [5.41, 5.74) is 0. The Morgan fingerprint density at radius 3 is 2.60 bits per heavy atom. The Balaban J connectivity index is 1.94. The molecule has 1 amide bonds. The summed E-state index contributed by atoms with van der Waals surface area (Å²) in [7, 11) is 0. The maximum Gasteiger partial charge on any atom is 0.417 e. The summed E-state index contributed by atoms with van der Waals surface area (Å²) in [6.07, 6.45) is -0.469. The Morgan fingerprint density at radius 2 is 1.93 bits per heavy atom. The number of nitrogens with one attached hydrogen (secondary N) is 1. The topological polar surface area (TPSA) is 38.3 Å². The fourth-order valence-electron chi connectivity index (χ4n) is 1.07. The number of para-hydroxylation sites is 1. The molecule has 2 aromatic rings. The summed E-state index contributed by atoms with van der Waals surface area (Å²) >= 11 is 1.45. The number of carbonyl (C=O) groups is 1. The van der Waals surface area contributed by atoms with Crippen molar-refractivity contribution < 1.29 is 9.53 Å². The van der Waals surface area contributed by atoms with E-state index >= 15 is 0 Å². The van der Waals surface area contributed by atoms with Crippen LogP contribution in [0.1, 0.15) is 0 Å². The average Bonchev–Trinajstić information content (AvgIpc) is 2.71. The first-order valence-electron chi connectivity index (χ1n) is 4.42. The minimum absolute atomic E-state index is 0.469. The second-order valence-electron chi connectivity index (χ2n) is 2.80. The van der Waals surface area contributed by atoms with E-state index in [0.29, 0.717) is 5.75 Å². The van der Waals surface area contributed by atoms with Gasteiger partial charge in [-0.3, -0.25) is 5.32 Å². The van der Waals surface area contributed by atoms with Crippen LogP contribution in [0.2, 0.25) is 0 Å². The van der Waals surface area contributed by atoms with Gasteiger partial charge in [-0.2, -0.15) is 0 Å². The van der Waals surface area contributed by atoms with Crippen molar-refractivity contribution in [2.24, 2.45) is 0 Å². The third kappa shape index (κ3) is 2.82. The second-order valence-corrected chi connectivity index (χ2v) is 3.75. The van der Waals surface area contributed by atoms with Crippen molar-refractivity contribution in [3.63, 3.8) is 0 Å².